The van der Waals surface area contributed by atoms with Gasteiger partial charge < -0.3 is 9.80 Å². The van der Waals surface area contributed by atoms with Crippen LogP contribution >= 0.6 is 11.6 Å². The molecule has 8 heteroatoms. The van der Waals surface area contributed by atoms with E-state index in [4.69, 9.17) is 11.6 Å². The molecule has 0 spiro atoms. The smallest absolute Gasteiger partial charge is 0.274 e. The number of benzene rings is 1. The van der Waals surface area contributed by atoms with Crippen LogP contribution in [0, 0.1) is 0 Å². The third kappa shape index (κ3) is 2.73. The summed E-state index contributed by atoms with van der Waals surface area (Å²) in [6.07, 6.45) is 3.30. The molecule has 164 valence electrons. The number of carbonyl (C=O) groups excluding carboxylic acids is 2. The molecule has 0 aliphatic carbocycles. The summed E-state index contributed by atoms with van der Waals surface area (Å²) >= 11 is 6.16. The Balaban J connectivity index is 1.71. The molecule has 7 nitrogen and oxygen atoms in total. The van der Waals surface area contributed by atoms with Gasteiger partial charge in [0.15, 0.2) is 5.66 Å². The Morgan fingerprint density at radius 1 is 1.12 bits per heavy atom. The first-order valence-electron chi connectivity index (χ1n) is 10.5. The molecule has 0 bridgehead atoms. The first-order chi connectivity index (χ1) is 15.2. The van der Waals surface area contributed by atoms with Crippen molar-refractivity contribution in [1.29, 1.82) is 0 Å². The number of rotatable bonds is 2. The van der Waals surface area contributed by atoms with Crippen molar-refractivity contribution in [2.75, 3.05) is 13.1 Å². The van der Waals surface area contributed by atoms with E-state index >= 15 is 0 Å². The van der Waals surface area contributed by atoms with E-state index < -0.39 is 5.66 Å². The molecule has 0 saturated carbocycles. The predicted molar refractivity (Wildman–Crippen MR) is 120 cm³/mol. The molecule has 2 aliphatic heterocycles. The van der Waals surface area contributed by atoms with E-state index in [1.807, 2.05) is 18.2 Å². The SMILES string of the molecule is Cn1nc(C(C)(C)C)cc1C(=O)N1CCN2C(=O)c3ccncc3C21c1ccc(Cl)cc1. The molecule has 1 unspecified atom stereocenters. The van der Waals surface area contributed by atoms with Crippen LogP contribution in [0.15, 0.2) is 48.8 Å². The van der Waals surface area contributed by atoms with Gasteiger partial charge in [-0.3, -0.25) is 19.3 Å². The summed E-state index contributed by atoms with van der Waals surface area (Å²) in [7, 11) is 1.78. The van der Waals surface area contributed by atoms with Gasteiger partial charge in [0, 0.05) is 54.1 Å². The van der Waals surface area contributed by atoms with Crippen molar-refractivity contribution >= 4 is 23.4 Å². The summed E-state index contributed by atoms with van der Waals surface area (Å²) in [6, 6.07) is 10.9. The molecule has 2 aromatic heterocycles. The van der Waals surface area contributed by atoms with E-state index in [1.54, 1.807) is 52.1 Å². The molecule has 2 amide bonds. The second-order valence-electron chi connectivity index (χ2n) is 9.30. The van der Waals surface area contributed by atoms with Crippen molar-refractivity contribution in [2.45, 2.75) is 31.8 Å². The topological polar surface area (TPSA) is 71.3 Å². The molecular formula is C24H24ClN5O2. The molecule has 32 heavy (non-hydrogen) atoms. The van der Waals surface area contributed by atoms with Gasteiger partial charge >= 0.3 is 0 Å². The molecule has 4 heterocycles. The summed E-state index contributed by atoms with van der Waals surface area (Å²) < 4.78 is 1.63. The molecule has 0 N–H and O–H groups in total. The predicted octanol–water partition coefficient (Wildman–Crippen LogP) is 3.58. The van der Waals surface area contributed by atoms with Crippen LogP contribution in [0.1, 0.15) is 58.4 Å². The third-order valence-corrected chi connectivity index (χ3v) is 6.61. The second-order valence-corrected chi connectivity index (χ2v) is 9.74. The Hall–Kier alpha value is -3.19. The van der Waals surface area contributed by atoms with Gasteiger partial charge in [-0.15, -0.1) is 0 Å². The van der Waals surface area contributed by atoms with Crippen LogP contribution in [0.4, 0.5) is 0 Å². The zero-order valence-corrected chi connectivity index (χ0v) is 19.2. The Morgan fingerprint density at radius 3 is 2.50 bits per heavy atom. The van der Waals surface area contributed by atoms with E-state index in [1.165, 1.54) is 0 Å². The van der Waals surface area contributed by atoms with Crippen LogP contribution in [-0.2, 0) is 18.1 Å². The number of fused-ring (bicyclic) bond motifs is 3. The summed E-state index contributed by atoms with van der Waals surface area (Å²) in [5.74, 6) is -0.287. The molecule has 1 aromatic carbocycles. The fourth-order valence-electron chi connectivity index (χ4n) is 4.78. The lowest BCUT2D eigenvalue weighted by molar-refractivity contribution is 0.0367. The minimum Gasteiger partial charge on any atom is -0.306 e. The molecule has 5 rings (SSSR count). The van der Waals surface area contributed by atoms with E-state index in [-0.39, 0.29) is 17.2 Å². The van der Waals surface area contributed by atoms with Gasteiger partial charge in [0.05, 0.1) is 11.3 Å². The maximum atomic E-state index is 14.0. The molecule has 3 aromatic rings. The van der Waals surface area contributed by atoms with Crippen molar-refractivity contribution in [3.05, 3.63) is 81.9 Å². The first-order valence-corrected chi connectivity index (χ1v) is 10.9. The van der Waals surface area contributed by atoms with Crippen LogP contribution in [-0.4, -0.2) is 49.5 Å². The summed E-state index contributed by atoms with van der Waals surface area (Å²) in [6.45, 7) is 7.01. The van der Waals surface area contributed by atoms with Gasteiger partial charge in [-0.1, -0.05) is 44.5 Å². The number of aryl methyl sites for hydroxylation is 1. The van der Waals surface area contributed by atoms with Crippen LogP contribution < -0.4 is 0 Å². The highest BCUT2D eigenvalue weighted by Gasteiger charge is 2.60. The Kier molecular flexibility index (Phi) is 4.47. The standard InChI is InChI=1S/C24H24ClN5O2/c1-23(2,3)20-13-19(28(4)27-20)22(32)30-12-11-29-21(31)17-9-10-26-14-18(17)24(29,30)15-5-7-16(25)8-6-15/h5-10,13-14H,11-12H2,1-4H3. The molecule has 1 atom stereocenters. The first kappa shape index (κ1) is 20.7. The van der Waals surface area contributed by atoms with Crippen molar-refractivity contribution in [1.82, 2.24) is 24.6 Å². The summed E-state index contributed by atoms with van der Waals surface area (Å²) in [4.78, 5) is 35.2. The number of amides is 2. The maximum absolute atomic E-state index is 14.0. The number of pyridine rings is 1. The van der Waals surface area contributed by atoms with Crippen LogP contribution in [0.3, 0.4) is 0 Å². The molecule has 1 fully saturated rings. The maximum Gasteiger partial charge on any atom is 0.274 e. The van der Waals surface area contributed by atoms with E-state index in [2.05, 4.69) is 30.9 Å². The van der Waals surface area contributed by atoms with Gasteiger partial charge in [0.1, 0.15) is 5.69 Å². The summed E-state index contributed by atoms with van der Waals surface area (Å²) in [5.41, 5.74) is 2.12. The van der Waals surface area contributed by atoms with E-state index in [0.717, 1.165) is 11.3 Å². The monoisotopic (exact) mass is 449 g/mol. The highest BCUT2D eigenvalue weighted by Crippen LogP contribution is 2.50. The Bertz CT molecular complexity index is 1240. The number of hydrogen-bond donors (Lipinski definition) is 0. The van der Waals surface area contributed by atoms with Gasteiger partial charge in [0.25, 0.3) is 11.8 Å². The average Bonchev–Trinajstić information content (AvgIpc) is 3.41. The van der Waals surface area contributed by atoms with E-state index in [0.29, 0.717) is 34.9 Å². The lowest BCUT2D eigenvalue weighted by Crippen LogP contribution is -2.51. The van der Waals surface area contributed by atoms with Crippen molar-refractivity contribution in [3.8, 4) is 0 Å². The molecular weight excluding hydrogens is 426 g/mol. The number of aromatic nitrogens is 3. The number of halogens is 1. The fourth-order valence-corrected chi connectivity index (χ4v) is 4.91. The fraction of sp³-hybridized carbons (Fsp3) is 0.333. The summed E-state index contributed by atoms with van der Waals surface area (Å²) in [5, 5.41) is 5.17. The van der Waals surface area contributed by atoms with Crippen molar-refractivity contribution in [2.24, 2.45) is 7.05 Å². The van der Waals surface area contributed by atoms with Crippen LogP contribution in [0.25, 0.3) is 0 Å². The normalized spacial score (nSPS) is 20.0. The van der Waals surface area contributed by atoms with Gasteiger partial charge in [0.2, 0.25) is 0 Å². The molecule has 2 aliphatic rings. The van der Waals surface area contributed by atoms with Crippen molar-refractivity contribution < 1.29 is 9.59 Å². The van der Waals surface area contributed by atoms with Crippen LogP contribution in [0.2, 0.25) is 5.02 Å². The molecule has 1 saturated heterocycles. The van der Waals surface area contributed by atoms with E-state index in [9.17, 15) is 9.59 Å². The highest BCUT2D eigenvalue weighted by atomic mass is 35.5. The number of nitrogens with zero attached hydrogens (tertiary/aromatic N) is 5. The lowest BCUT2D eigenvalue weighted by atomic mass is 9.90. The molecule has 0 radical (unpaired) electrons. The van der Waals surface area contributed by atoms with Crippen LogP contribution in [0.5, 0.6) is 0 Å². The lowest BCUT2D eigenvalue weighted by Gasteiger charge is -2.40. The minimum atomic E-state index is -1.07. The largest absolute Gasteiger partial charge is 0.306 e. The quantitative estimate of drug-likeness (QED) is 0.599. The average molecular weight is 450 g/mol. The second kappa shape index (κ2) is 6.90. The zero-order chi connectivity index (χ0) is 22.8. The Labute approximate surface area is 191 Å². The minimum absolute atomic E-state index is 0.104. The third-order valence-electron chi connectivity index (χ3n) is 6.36. The number of carbonyl (C=O) groups is 2. The zero-order valence-electron chi connectivity index (χ0n) is 18.5. The van der Waals surface area contributed by atoms with Gasteiger partial charge in [-0.25, -0.2) is 0 Å². The van der Waals surface area contributed by atoms with Crippen molar-refractivity contribution in [3.63, 3.8) is 0 Å². The number of hydrogen-bond acceptors (Lipinski definition) is 4. The highest BCUT2D eigenvalue weighted by molar-refractivity contribution is 6.30. The van der Waals surface area contributed by atoms with Gasteiger partial charge in [-0.05, 0) is 24.3 Å². The Morgan fingerprint density at radius 2 is 1.84 bits per heavy atom. The van der Waals surface area contributed by atoms with Gasteiger partial charge in [-0.2, -0.15) is 5.10 Å².